The van der Waals surface area contributed by atoms with Gasteiger partial charge in [-0.25, -0.2) is 0 Å². The molecule has 11 heteroatoms. The summed E-state index contributed by atoms with van der Waals surface area (Å²) in [6.45, 7) is 2.94. The molecule has 4 fully saturated rings. The third-order valence-corrected chi connectivity index (χ3v) is 21.6. The number of aliphatic hydroxyl groups excluding tert-OH is 1. The molecule has 0 aromatic heterocycles. The number of carbonyl (C=O) groups excluding carboxylic acids is 2. The number of fused-ring (bicyclic) bond motifs is 12. The van der Waals surface area contributed by atoms with Crippen LogP contribution in [-0.4, -0.2) is 71.4 Å². The summed E-state index contributed by atoms with van der Waals surface area (Å²) >= 11 is 0. The summed E-state index contributed by atoms with van der Waals surface area (Å²) in [5, 5.41) is 53.1. The minimum atomic E-state index is -1.12. The summed E-state index contributed by atoms with van der Waals surface area (Å²) in [5.41, 5.74) is 9.28. The van der Waals surface area contributed by atoms with E-state index in [4.69, 9.17) is 18.9 Å². The number of esters is 2. The van der Waals surface area contributed by atoms with Crippen LogP contribution in [0, 0.1) is 46.3 Å². The largest absolute Gasteiger partial charge is 0.508 e. The second kappa shape index (κ2) is 20.8. The molecule has 83 heavy (non-hydrogen) atoms. The van der Waals surface area contributed by atoms with Gasteiger partial charge in [0.25, 0.3) is 0 Å². The number of aliphatic hydroxyl groups is 1. The number of hydrogen-bond acceptors (Lipinski definition) is 11. The van der Waals surface area contributed by atoms with Crippen molar-refractivity contribution >= 4 is 28.8 Å². The Hall–Kier alpha value is -7.26. The van der Waals surface area contributed by atoms with Crippen molar-refractivity contribution in [3.63, 3.8) is 0 Å². The van der Waals surface area contributed by atoms with Crippen molar-refractivity contribution in [2.45, 2.75) is 145 Å². The maximum Gasteiger partial charge on any atom is 0.316 e. The van der Waals surface area contributed by atoms with Crippen LogP contribution < -0.4 is 14.8 Å². The lowest BCUT2D eigenvalue weighted by atomic mass is 9.38. The van der Waals surface area contributed by atoms with Crippen LogP contribution in [0.3, 0.4) is 0 Å². The van der Waals surface area contributed by atoms with Gasteiger partial charge < -0.3 is 44.7 Å². The molecule has 4 saturated carbocycles. The molecule has 5 N–H and O–H groups in total. The van der Waals surface area contributed by atoms with Crippen LogP contribution in [-0.2, 0) is 50.3 Å². The molecule has 6 aromatic rings. The van der Waals surface area contributed by atoms with E-state index in [0.29, 0.717) is 56.6 Å². The maximum atomic E-state index is 16.6. The first-order valence-corrected chi connectivity index (χ1v) is 30.5. The van der Waals surface area contributed by atoms with E-state index in [2.05, 4.69) is 83.9 Å². The first kappa shape index (κ1) is 53.7. The number of phenolic OH excluding ortho intramolecular Hbond substituents is 3. The molecule has 11 nitrogen and oxygen atoms in total. The van der Waals surface area contributed by atoms with E-state index in [1.54, 1.807) is 20.3 Å². The highest BCUT2D eigenvalue weighted by Crippen LogP contribution is 2.72. The Labute approximate surface area is 486 Å². The number of carbonyl (C=O) groups is 2. The number of benzene rings is 6. The molecule has 1 spiro atoms. The quantitative estimate of drug-likeness (QED) is 0.0797. The molecule has 1 aliphatic heterocycles. The first-order chi connectivity index (χ1) is 40.3. The van der Waals surface area contributed by atoms with Crippen LogP contribution in [0.2, 0.25) is 0 Å². The molecule has 0 amide bonds. The van der Waals surface area contributed by atoms with Gasteiger partial charge in [-0.2, -0.15) is 0 Å². The number of aryl methyl sites for hydroxylation is 1. The smallest absolute Gasteiger partial charge is 0.316 e. The van der Waals surface area contributed by atoms with Crippen LogP contribution in [0.25, 0.3) is 28.0 Å². The highest BCUT2D eigenvalue weighted by atomic mass is 16.6. The molecule has 8 aliphatic rings. The molecule has 6 aromatic carbocycles. The van der Waals surface area contributed by atoms with Gasteiger partial charge in [-0.05, 0) is 209 Å². The number of methoxy groups -OCH3 is 2. The van der Waals surface area contributed by atoms with E-state index in [-0.39, 0.29) is 70.6 Å². The van der Waals surface area contributed by atoms with Gasteiger partial charge in [0.15, 0.2) is 23.0 Å². The van der Waals surface area contributed by atoms with Crippen LogP contribution >= 0.6 is 0 Å². The van der Waals surface area contributed by atoms with E-state index >= 15 is 4.79 Å². The molecular weight excluding hydrogens is 1040 g/mol. The fraction of sp³-hybridized carbons (Fsp3) is 0.444. The van der Waals surface area contributed by atoms with Crippen LogP contribution in [0.15, 0.2) is 109 Å². The standard InChI is InChI=1S/C72H75NO10/c1-41(74)82-65-34-53(83-69(79)71-22-9-11-42(38-71)19-23-70(20-6-7-21-70)40-73-39-43-10-8-14-46(24-43)55-32-52(75)26-47-16-17-50(71)31-54(47)55)33-58-56-36-67(81-3)63(77)29-48(56)27-59-62(76)37-60-57-35-64(78)66(80-2)30-49(57)28-61(65)72(60,68(58)59)51-18-15-44-12-4-5-13-45(44)25-51/h4-5,8,10,12-14,16-17,24-26,29-32,35-36,42,53,58-62,65,68,73,75-78H,6-7,9,11,15,18,20-22,27-28,33-34,37-40H2,1-3H3. The fourth-order valence-corrected chi connectivity index (χ4v) is 18.1. The van der Waals surface area contributed by atoms with Crippen molar-refractivity contribution in [1.29, 1.82) is 0 Å². The highest BCUT2D eigenvalue weighted by Gasteiger charge is 2.68. The summed E-state index contributed by atoms with van der Waals surface area (Å²) in [7, 11) is 3.12. The maximum absolute atomic E-state index is 16.6. The van der Waals surface area contributed by atoms with Crippen molar-refractivity contribution in [1.82, 2.24) is 5.32 Å². The fourth-order valence-electron chi connectivity index (χ4n) is 18.1. The predicted molar refractivity (Wildman–Crippen MR) is 318 cm³/mol. The second-order valence-electron chi connectivity index (χ2n) is 25.9. The van der Waals surface area contributed by atoms with Crippen molar-refractivity contribution in [3.05, 3.63) is 153 Å². The monoisotopic (exact) mass is 1110 g/mol. The molecule has 14 rings (SSSR count). The topological polar surface area (TPSA) is 164 Å². The Balaban J connectivity index is 0.963. The lowest BCUT2D eigenvalue weighted by molar-refractivity contribution is -0.181. The van der Waals surface area contributed by atoms with Gasteiger partial charge in [-0.3, -0.25) is 9.59 Å². The van der Waals surface area contributed by atoms with E-state index in [0.717, 1.165) is 119 Å². The van der Waals surface area contributed by atoms with Gasteiger partial charge in [-0.15, -0.1) is 0 Å². The lowest BCUT2D eigenvalue weighted by Crippen LogP contribution is -2.64. The molecule has 6 bridgehead atoms. The van der Waals surface area contributed by atoms with Crippen molar-refractivity contribution < 1.29 is 49.0 Å². The summed E-state index contributed by atoms with van der Waals surface area (Å²) in [6, 6.07) is 34.5. The molecule has 0 saturated heterocycles. The van der Waals surface area contributed by atoms with Gasteiger partial charge in [0.2, 0.25) is 0 Å². The SMILES string of the molecule is COc1cc2c(cc1O)C1CC(O)C3Cc4cc(O)c(OC)cc4C4CC(OC(=O)C56CCCC(C#CC7(CCCC7)CNCc7cccc(c7)-c7cc(O)cc8ccc5cc78)C6)CC(OC(C)=O)C(C2)C1(C1=Cc2ccccc2CC1)C43. The number of ether oxygens (including phenoxy) is 4. The number of phenols is 3. The number of rotatable bonds is 6. The zero-order valence-corrected chi connectivity index (χ0v) is 47.8. The Morgan fingerprint density at radius 1 is 0.747 bits per heavy atom. The molecule has 11 atom stereocenters. The average molecular weight is 1110 g/mol. The number of aromatic hydroxyl groups is 3. The molecule has 428 valence electrons. The zero-order chi connectivity index (χ0) is 56.9. The van der Waals surface area contributed by atoms with Crippen LogP contribution in [0.5, 0.6) is 28.7 Å². The van der Waals surface area contributed by atoms with E-state index < -0.39 is 35.1 Å². The third-order valence-electron chi connectivity index (χ3n) is 21.6. The van der Waals surface area contributed by atoms with Gasteiger partial charge >= 0.3 is 11.9 Å². The molecular formula is C72H75NO10. The van der Waals surface area contributed by atoms with E-state index in [9.17, 15) is 25.2 Å². The molecule has 7 aliphatic carbocycles. The Kier molecular flexibility index (Phi) is 13.5. The van der Waals surface area contributed by atoms with Gasteiger partial charge in [0.1, 0.15) is 18.0 Å². The average Bonchev–Trinajstić information content (AvgIpc) is 0.982. The molecule has 1 heterocycles. The number of hydrogen-bond donors (Lipinski definition) is 5. The number of nitrogens with one attached hydrogen (secondary N) is 1. The van der Waals surface area contributed by atoms with E-state index in [1.165, 1.54) is 18.1 Å². The Bertz CT molecular complexity index is 3700. The lowest BCUT2D eigenvalue weighted by Gasteiger charge is -2.66. The predicted octanol–water partition coefficient (Wildman–Crippen LogP) is 12.7. The normalized spacial score (nSPS) is 29.9. The first-order valence-electron chi connectivity index (χ1n) is 30.5. The summed E-state index contributed by atoms with van der Waals surface area (Å²) in [5.74, 6) is 6.14. The van der Waals surface area contributed by atoms with Crippen LogP contribution in [0.1, 0.15) is 140 Å². The van der Waals surface area contributed by atoms with Crippen LogP contribution in [0.4, 0.5) is 0 Å². The number of allylic oxidation sites excluding steroid dienone is 1. The van der Waals surface area contributed by atoms with E-state index in [1.807, 2.05) is 36.4 Å². The van der Waals surface area contributed by atoms with Crippen molar-refractivity contribution in [2.24, 2.45) is 34.5 Å². The minimum Gasteiger partial charge on any atom is -0.508 e. The molecule has 11 unspecified atom stereocenters. The van der Waals surface area contributed by atoms with Gasteiger partial charge in [0.05, 0.1) is 25.7 Å². The molecule has 0 radical (unpaired) electrons. The summed E-state index contributed by atoms with van der Waals surface area (Å²) in [4.78, 5) is 30.6. The van der Waals surface area contributed by atoms with Gasteiger partial charge in [0, 0.05) is 49.1 Å². The van der Waals surface area contributed by atoms with Crippen molar-refractivity contribution in [3.8, 4) is 51.7 Å². The Morgan fingerprint density at radius 3 is 2.39 bits per heavy atom. The van der Waals surface area contributed by atoms with Gasteiger partial charge in [-0.1, -0.05) is 97.3 Å². The third kappa shape index (κ3) is 8.99. The zero-order valence-electron chi connectivity index (χ0n) is 47.8. The second-order valence-corrected chi connectivity index (χ2v) is 25.9. The van der Waals surface area contributed by atoms with Crippen molar-refractivity contribution in [2.75, 3.05) is 20.8 Å². The minimum absolute atomic E-state index is 0.0254. The summed E-state index contributed by atoms with van der Waals surface area (Å²) < 4.78 is 26.0. The highest BCUT2D eigenvalue weighted by molar-refractivity contribution is 5.99. The Morgan fingerprint density at radius 2 is 1.55 bits per heavy atom. The summed E-state index contributed by atoms with van der Waals surface area (Å²) in [6.07, 6.45) is 10.4.